The minimum atomic E-state index is -0.978. The number of piperazine rings is 1. The average molecular weight is 421 g/mol. The molecule has 0 N–H and O–H groups in total. The first-order valence-electron chi connectivity index (χ1n) is 10.0. The van der Waals surface area contributed by atoms with Crippen molar-refractivity contribution >= 4 is 18.2 Å². The van der Waals surface area contributed by atoms with E-state index in [-0.39, 0.29) is 26.2 Å². The van der Waals surface area contributed by atoms with Gasteiger partial charge in [0.05, 0.1) is 6.54 Å². The molecule has 0 unspecified atom stereocenters. The standard InChI is InChI=1S/C22H32N2O6/c1-21(2,3)29-18(25)17-14-23(19(26)30-22(4,5)6)12-13-24(17)20(27)28-15-16-10-8-7-9-11-16/h7-11,17H,12-15H2,1-6H3/t17-/m1/s1. The minimum absolute atomic E-state index is 0.0235. The highest BCUT2D eigenvalue weighted by atomic mass is 16.6. The molecule has 1 saturated heterocycles. The van der Waals surface area contributed by atoms with Crippen molar-refractivity contribution in [2.75, 3.05) is 19.6 Å². The van der Waals surface area contributed by atoms with Crippen molar-refractivity contribution in [1.82, 2.24) is 9.80 Å². The van der Waals surface area contributed by atoms with E-state index >= 15 is 0 Å². The lowest BCUT2D eigenvalue weighted by Crippen LogP contribution is -2.60. The van der Waals surface area contributed by atoms with Gasteiger partial charge in [0.2, 0.25) is 0 Å². The molecule has 1 aliphatic rings. The molecule has 1 aliphatic heterocycles. The lowest BCUT2D eigenvalue weighted by Gasteiger charge is -2.40. The zero-order valence-corrected chi connectivity index (χ0v) is 18.6. The summed E-state index contributed by atoms with van der Waals surface area (Å²) in [5.41, 5.74) is -0.554. The second-order valence-electron chi connectivity index (χ2n) is 9.21. The van der Waals surface area contributed by atoms with Crippen molar-refractivity contribution in [3.05, 3.63) is 35.9 Å². The van der Waals surface area contributed by atoms with Crippen LogP contribution in [-0.2, 0) is 25.6 Å². The molecule has 8 nitrogen and oxygen atoms in total. The van der Waals surface area contributed by atoms with Crippen molar-refractivity contribution in [3.63, 3.8) is 0 Å². The highest BCUT2D eigenvalue weighted by Gasteiger charge is 2.41. The van der Waals surface area contributed by atoms with E-state index in [0.29, 0.717) is 0 Å². The Morgan fingerprint density at radius 2 is 1.50 bits per heavy atom. The maximum atomic E-state index is 12.8. The van der Waals surface area contributed by atoms with E-state index in [1.165, 1.54) is 9.80 Å². The van der Waals surface area contributed by atoms with Crippen LogP contribution >= 0.6 is 0 Å². The van der Waals surface area contributed by atoms with E-state index in [0.717, 1.165) is 5.56 Å². The van der Waals surface area contributed by atoms with Gasteiger partial charge in [-0.05, 0) is 47.1 Å². The van der Waals surface area contributed by atoms with Crippen LogP contribution in [0.5, 0.6) is 0 Å². The van der Waals surface area contributed by atoms with Crippen LogP contribution in [0.4, 0.5) is 9.59 Å². The minimum Gasteiger partial charge on any atom is -0.458 e. The van der Waals surface area contributed by atoms with Gasteiger partial charge in [-0.25, -0.2) is 14.4 Å². The summed E-state index contributed by atoms with van der Waals surface area (Å²) in [6.45, 7) is 11.0. The van der Waals surface area contributed by atoms with Gasteiger partial charge in [0.1, 0.15) is 17.8 Å². The van der Waals surface area contributed by atoms with Crippen molar-refractivity contribution in [2.24, 2.45) is 0 Å². The van der Waals surface area contributed by atoms with E-state index in [4.69, 9.17) is 14.2 Å². The average Bonchev–Trinajstić information content (AvgIpc) is 2.63. The molecule has 166 valence electrons. The van der Waals surface area contributed by atoms with Crippen LogP contribution < -0.4 is 0 Å². The summed E-state index contributed by atoms with van der Waals surface area (Å²) in [7, 11) is 0. The molecule has 2 amide bonds. The van der Waals surface area contributed by atoms with Crippen LogP contribution in [0.1, 0.15) is 47.1 Å². The Hall–Kier alpha value is -2.77. The number of esters is 1. The lowest BCUT2D eigenvalue weighted by atomic mass is 10.1. The number of nitrogens with zero attached hydrogens (tertiary/aromatic N) is 2. The molecular formula is C22H32N2O6. The number of hydrogen-bond acceptors (Lipinski definition) is 6. The van der Waals surface area contributed by atoms with Crippen LogP contribution in [0.2, 0.25) is 0 Å². The molecule has 0 spiro atoms. The molecule has 8 heteroatoms. The summed E-state index contributed by atoms with van der Waals surface area (Å²) in [5, 5.41) is 0. The third-order valence-corrected chi connectivity index (χ3v) is 4.15. The molecular weight excluding hydrogens is 388 g/mol. The smallest absolute Gasteiger partial charge is 0.410 e. The van der Waals surface area contributed by atoms with Gasteiger partial charge in [-0.1, -0.05) is 30.3 Å². The van der Waals surface area contributed by atoms with Gasteiger partial charge in [0.15, 0.2) is 6.04 Å². The second-order valence-corrected chi connectivity index (χ2v) is 9.21. The van der Waals surface area contributed by atoms with Crippen LogP contribution in [0.25, 0.3) is 0 Å². The first-order valence-corrected chi connectivity index (χ1v) is 10.0. The highest BCUT2D eigenvalue weighted by molar-refractivity contribution is 5.83. The molecule has 1 fully saturated rings. The topological polar surface area (TPSA) is 85.4 Å². The Labute approximate surface area is 178 Å². The molecule has 0 radical (unpaired) electrons. The van der Waals surface area contributed by atoms with E-state index in [2.05, 4.69) is 0 Å². The quantitative estimate of drug-likeness (QED) is 0.549. The number of carbonyl (C=O) groups is 3. The predicted octanol–water partition coefficient (Wildman–Crippen LogP) is 3.59. The fourth-order valence-electron chi connectivity index (χ4n) is 2.87. The van der Waals surface area contributed by atoms with Crippen molar-refractivity contribution in [2.45, 2.75) is 65.4 Å². The molecule has 1 atom stereocenters. The maximum Gasteiger partial charge on any atom is 0.410 e. The first kappa shape index (κ1) is 23.5. The maximum absolute atomic E-state index is 12.8. The number of carbonyl (C=O) groups excluding carboxylic acids is 3. The third kappa shape index (κ3) is 7.24. The van der Waals surface area contributed by atoms with Gasteiger partial charge >= 0.3 is 18.2 Å². The normalized spacial score (nSPS) is 17.3. The number of benzene rings is 1. The van der Waals surface area contributed by atoms with E-state index in [1.807, 2.05) is 30.3 Å². The Morgan fingerprint density at radius 1 is 0.900 bits per heavy atom. The Kier molecular flexibility index (Phi) is 7.34. The molecule has 1 heterocycles. The Balaban J connectivity index is 2.11. The van der Waals surface area contributed by atoms with Gasteiger partial charge in [-0.2, -0.15) is 0 Å². The predicted molar refractivity (Wildman–Crippen MR) is 111 cm³/mol. The molecule has 1 aromatic carbocycles. The van der Waals surface area contributed by atoms with E-state index < -0.39 is 35.4 Å². The summed E-state index contributed by atoms with van der Waals surface area (Å²) in [6.07, 6.45) is -1.16. The molecule has 30 heavy (non-hydrogen) atoms. The van der Waals surface area contributed by atoms with Gasteiger partial charge in [0, 0.05) is 13.1 Å². The van der Waals surface area contributed by atoms with Crippen LogP contribution in [0.15, 0.2) is 30.3 Å². The van der Waals surface area contributed by atoms with Gasteiger partial charge < -0.3 is 19.1 Å². The van der Waals surface area contributed by atoms with E-state index in [1.54, 1.807) is 41.5 Å². The zero-order chi connectivity index (χ0) is 22.5. The fourth-order valence-corrected chi connectivity index (χ4v) is 2.87. The summed E-state index contributed by atoms with van der Waals surface area (Å²) >= 11 is 0. The monoisotopic (exact) mass is 420 g/mol. The molecule has 2 rings (SSSR count). The molecule has 0 aliphatic carbocycles. The summed E-state index contributed by atoms with van der Waals surface area (Å²) in [5.74, 6) is -0.590. The summed E-state index contributed by atoms with van der Waals surface area (Å²) in [4.78, 5) is 40.7. The van der Waals surface area contributed by atoms with Crippen LogP contribution in [-0.4, -0.2) is 64.8 Å². The molecule has 0 aromatic heterocycles. The van der Waals surface area contributed by atoms with Crippen LogP contribution in [0.3, 0.4) is 0 Å². The Bertz CT molecular complexity index is 751. The van der Waals surface area contributed by atoms with Gasteiger partial charge in [-0.15, -0.1) is 0 Å². The molecule has 1 aromatic rings. The third-order valence-electron chi connectivity index (χ3n) is 4.15. The first-order chi connectivity index (χ1) is 13.9. The number of hydrogen-bond donors (Lipinski definition) is 0. The van der Waals surface area contributed by atoms with E-state index in [9.17, 15) is 14.4 Å². The largest absolute Gasteiger partial charge is 0.458 e. The number of rotatable bonds is 3. The highest BCUT2D eigenvalue weighted by Crippen LogP contribution is 2.19. The summed E-state index contributed by atoms with van der Waals surface area (Å²) < 4.78 is 16.3. The fraction of sp³-hybridized carbons (Fsp3) is 0.591. The van der Waals surface area contributed by atoms with Crippen molar-refractivity contribution < 1.29 is 28.6 Å². The van der Waals surface area contributed by atoms with Crippen molar-refractivity contribution in [1.29, 1.82) is 0 Å². The van der Waals surface area contributed by atoms with Gasteiger partial charge in [0.25, 0.3) is 0 Å². The summed E-state index contributed by atoms with van der Waals surface area (Å²) in [6, 6.07) is 8.30. The second kappa shape index (κ2) is 9.36. The molecule has 0 bridgehead atoms. The van der Waals surface area contributed by atoms with Crippen molar-refractivity contribution in [3.8, 4) is 0 Å². The SMILES string of the molecule is CC(C)(C)OC(=O)[C@H]1CN(C(=O)OC(C)(C)C)CCN1C(=O)OCc1ccccc1. The molecule has 0 saturated carbocycles. The number of ether oxygens (including phenoxy) is 3. The zero-order valence-electron chi connectivity index (χ0n) is 18.6. The Morgan fingerprint density at radius 3 is 2.07 bits per heavy atom. The number of amides is 2. The van der Waals surface area contributed by atoms with Crippen LogP contribution in [0, 0.1) is 0 Å². The lowest BCUT2D eigenvalue weighted by molar-refractivity contribution is -0.162. The van der Waals surface area contributed by atoms with Gasteiger partial charge in [-0.3, -0.25) is 4.90 Å².